The summed E-state index contributed by atoms with van der Waals surface area (Å²) in [4.78, 5) is 13.7. The molecule has 1 aromatic carbocycles. The summed E-state index contributed by atoms with van der Waals surface area (Å²) < 4.78 is 42.5. The molecule has 1 saturated heterocycles. The van der Waals surface area contributed by atoms with E-state index < -0.39 is 11.7 Å². The first-order chi connectivity index (χ1) is 9.88. The first-order valence-corrected chi connectivity index (χ1v) is 6.68. The molecule has 1 aliphatic rings. The third kappa shape index (κ3) is 4.78. The molecule has 1 fully saturated rings. The van der Waals surface area contributed by atoms with Gasteiger partial charge in [0, 0.05) is 25.7 Å². The Kier molecular flexibility index (Phi) is 6.49. The van der Waals surface area contributed by atoms with Gasteiger partial charge in [-0.3, -0.25) is 4.79 Å². The second kappa shape index (κ2) is 7.69. The van der Waals surface area contributed by atoms with Gasteiger partial charge in [-0.25, -0.2) is 0 Å². The van der Waals surface area contributed by atoms with Gasteiger partial charge >= 0.3 is 6.18 Å². The first kappa shape index (κ1) is 18.6. The molecular formula is C14H18ClF3N2O2. The lowest BCUT2D eigenvalue weighted by molar-refractivity contribution is -0.138. The Morgan fingerprint density at radius 2 is 2.00 bits per heavy atom. The highest BCUT2D eigenvalue weighted by Crippen LogP contribution is 2.30. The van der Waals surface area contributed by atoms with Crippen LogP contribution in [-0.4, -0.2) is 43.1 Å². The average Bonchev–Trinajstić information content (AvgIpc) is 2.45. The van der Waals surface area contributed by atoms with E-state index in [1.54, 1.807) is 4.90 Å². The molecule has 2 rings (SSSR count). The number of hydrogen-bond acceptors (Lipinski definition) is 3. The largest absolute Gasteiger partial charge is 0.484 e. The molecule has 8 heteroatoms. The van der Waals surface area contributed by atoms with Gasteiger partial charge in [-0.2, -0.15) is 13.2 Å². The molecule has 0 bridgehead atoms. The van der Waals surface area contributed by atoms with Gasteiger partial charge in [-0.15, -0.1) is 12.4 Å². The molecule has 1 atom stereocenters. The molecule has 124 valence electrons. The van der Waals surface area contributed by atoms with Gasteiger partial charge in [-0.1, -0.05) is 0 Å². The van der Waals surface area contributed by atoms with E-state index >= 15 is 0 Å². The summed E-state index contributed by atoms with van der Waals surface area (Å²) in [5, 5.41) is 3.17. The van der Waals surface area contributed by atoms with Gasteiger partial charge in [0.2, 0.25) is 0 Å². The van der Waals surface area contributed by atoms with Crippen molar-refractivity contribution in [3.63, 3.8) is 0 Å². The Hall–Kier alpha value is -1.47. The van der Waals surface area contributed by atoms with E-state index in [1.165, 1.54) is 12.1 Å². The smallest absolute Gasteiger partial charge is 0.416 e. The number of benzene rings is 1. The molecule has 1 aromatic rings. The quantitative estimate of drug-likeness (QED) is 0.919. The Morgan fingerprint density at radius 3 is 2.55 bits per heavy atom. The predicted molar refractivity (Wildman–Crippen MR) is 78.2 cm³/mol. The average molecular weight is 339 g/mol. The van der Waals surface area contributed by atoms with Crippen molar-refractivity contribution in [3.05, 3.63) is 29.8 Å². The number of piperazine rings is 1. The van der Waals surface area contributed by atoms with Crippen molar-refractivity contribution in [2.45, 2.75) is 19.1 Å². The molecule has 4 nitrogen and oxygen atoms in total. The zero-order valence-corrected chi connectivity index (χ0v) is 12.8. The molecule has 0 radical (unpaired) electrons. The van der Waals surface area contributed by atoms with Crippen LogP contribution in [0.5, 0.6) is 5.75 Å². The molecule has 0 saturated carbocycles. The molecule has 1 aliphatic heterocycles. The van der Waals surface area contributed by atoms with E-state index in [4.69, 9.17) is 4.74 Å². The Morgan fingerprint density at radius 1 is 1.36 bits per heavy atom. The third-order valence-corrected chi connectivity index (χ3v) is 3.37. The Labute approximate surface area is 133 Å². The second-order valence-corrected chi connectivity index (χ2v) is 4.95. The highest BCUT2D eigenvalue weighted by Gasteiger charge is 2.30. The van der Waals surface area contributed by atoms with E-state index in [9.17, 15) is 18.0 Å². The van der Waals surface area contributed by atoms with Crippen molar-refractivity contribution in [3.8, 4) is 5.75 Å². The van der Waals surface area contributed by atoms with Crippen LogP contribution in [0.3, 0.4) is 0 Å². The summed E-state index contributed by atoms with van der Waals surface area (Å²) in [7, 11) is 0. The molecule has 22 heavy (non-hydrogen) atoms. The van der Waals surface area contributed by atoms with Crippen LogP contribution in [-0.2, 0) is 11.0 Å². The van der Waals surface area contributed by atoms with Crippen LogP contribution in [0.1, 0.15) is 12.5 Å². The van der Waals surface area contributed by atoms with Gasteiger partial charge in [0.05, 0.1) is 5.56 Å². The second-order valence-electron chi connectivity index (χ2n) is 4.95. The van der Waals surface area contributed by atoms with Crippen LogP contribution >= 0.6 is 12.4 Å². The number of halogens is 4. The minimum absolute atomic E-state index is 0. The number of carbonyl (C=O) groups is 1. The minimum atomic E-state index is -4.37. The van der Waals surface area contributed by atoms with E-state index in [2.05, 4.69) is 5.32 Å². The zero-order chi connectivity index (χ0) is 15.5. The van der Waals surface area contributed by atoms with Crippen LogP contribution in [0.2, 0.25) is 0 Å². The Bertz CT molecular complexity index is 494. The zero-order valence-electron chi connectivity index (χ0n) is 12.0. The molecule has 1 amide bonds. The van der Waals surface area contributed by atoms with Crippen LogP contribution in [0.15, 0.2) is 24.3 Å². The number of rotatable bonds is 3. The lowest BCUT2D eigenvalue weighted by Gasteiger charge is -2.33. The van der Waals surface area contributed by atoms with Gasteiger partial charge in [0.1, 0.15) is 5.75 Å². The van der Waals surface area contributed by atoms with E-state index in [0.29, 0.717) is 6.54 Å². The number of nitrogens with zero attached hydrogens (tertiary/aromatic N) is 1. The van der Waals surface area contributed by atoms with Gasteiger partial charge < -0.3 is 15.0 Å². The maximum absolute atomic E-state index is 12.4. The molecule has 0 aromatic heterocycles. The first-order valence-electron chi connectivity index (χ1n) is 6.68. The monoisotopic (exact) mass is 338 g/mol. The molecule has 0 unspecified atom stereocenters. The van der Waals surface area contributed by atoms with Crippen molar-refractivity contribution in [1.82, 2.24) is 10.2 Å². The summed E-state index contributed by atoms with van der Waals surface area (Å²) >= 11 is 0. The highest BCUT2D eigenvalue weighted by molar-refractivity contribution is 5.85. The number of nitrogens with one attached hydrogen (secondary N) is 1. The van der Waals surface area contributed by atoms with Gasteiger partial charge in [-0.05, 0) is 31.2 Å². The van der Waals surface area contributed by atoms with Crippen LogP contribution < -0.4 is 10.1 Å². The van der Waals surface area contributed by atoms with Crippen LogP contribution in [0.25, 0.3) is 0 Å². The molecule has 0 aliphatic carbocycles. The van der Waals surface area contributed by atoms with E-state index in [1.807, 2.05) is 6.92 Å². The summed E-state index contributed by atoms with van der Waals surface area (Å²) in [6.45, 7) is 3.83. The van der Waals surface area contributed by atoms with E-state index in [0.717, 1.165) is 25.2 Å². The topological polar surface area (TPSA) is 41.6 Å². The fraction of sp³-hybridized carbons (Fsp3) is 0.500. The summed E-state index contributed by atoms with van der Waals surface area (Å²) in [6.07, 6.45) is -4.37. The molecule has 0 spiro atoms. The van der Waals surface area contributed by atoms with E-state index in [-0.39, 0.29) is 36.7 Å². The number of alkyl halides is 3. The highest BCUT2D eigenvalue weighted by atomic mass is 35.5. The van der Waals surface area contributed by atoms with Crippen molar-refractivity contribution in [2.75, 3.05) is 26.2 Å². The summed E-state index contributed by atoms with van der Waals surface area (Å²) in [6, 6.07) is 4.40. The maximum atomic E-state index is 12.4. The van der Waals surface area contributed by atoms with Crippen molar-refractivity contribution in [1.29, 1.82) is 0 Å². The van der Waals surface area contributed by atoms with Crippen molar-refractivity contribution in [2.24, 2.45) is 0 Å². The molecular weight excluding hydrogens is 321 g/mol. The van der Waals surface area contributed by atoms with Crippen molar-refractivity contribution < 1.29 is 22.7 Å². The van der Waals surface area contributed by atoms with Gasteiger partial charge in [0.25, 0.3) is 5.91 Å². The minimum Gasteiger partial charge on any atom is -0.484 e. The van der Waals surface area contributed by atoms with Crippen LogP contribution in [0, 0.1) is 0 Å². The van der Waals surface area contributed by atoms with Gasteiger partial charge in [0.15, 0.2) is 6.61 Å². The number of hydrogen-bond donors (Lipinski definition) is 1. The SMILES string of the molecule is C[C@H]1CNCCN1C(=O)COc1ccc(C(F)(F)F)cc1.Cl. The third-order valence-electron chi connectivity index (χ3n) is 3.37. The standard InChI is InChI=1S/C14H17F3N2O2.ClH/c1-10-8-18-6-7-19(10)13(20)9-21-12-4-2-11(3-5-12)14(15,16)17;/h2-5,10,18H,6-9H2,1H3;1H/t10-;/m0./s1. The van der Waals surface area contributed by atoms with Crippen LogP contribution in [0.4, 0.5) is 13.2 Å². The summed E-state index contributed by atoms with van der Waals surface area (Å²) in [5.74, 6) is 0.0861. The fourth-order valence-corrected chi connectivity index (χ4v) is 2.18. The molecule has 1 N–H and O–H groups in total. The van der Waals surface area contributed by atoms with Crippen molar-refractivity contribution >= 4 is 18.3 Å². The maximum Gasteiger partial charge on any atom is 0.416 e. The molecule has 1 heterocycles. The number of amides is 1. The summed E-state index contributed by atoms with van der Waals surface area (Å²) in [5.41, 5.74) is -0.739. The number of ether oxygens (including phenoxy) is 1. The fourth-order valence-electron chi connectivity index (χ4n) is 2.18. The lowest BCUT2D eigenvalue weighted by Crippen LogP contribution is -2.53. The number of carbonyl (C=O) groups excluding carboxylic acids is 1. The Balaban J connectivity index is 0.00000242. The predicted octanol–water partition coefficient (Wildman–Crippen LogP) is 2.33. The lowest BCUT2D eigenvalue weighted by atomic mass is 10.2. The normalized spacial score (nSPS) is 18.5.